The highest BCUT2D eigenvalue weighted by Gasteiger charge is 2.05. The monoisotopic (exact) mass is 307 g/mol. The van der Waals surface area contributed by atoms with E-state index in [0.717, 1.165) is 4.47 Å². The molecule has 0 aliphatic rings. The number of nitriles is 1. The maximum Gasteiger partial charge on any atom is 0.201 e. The molecule has 5 nitrogen and oxygen atoms in total. The summed E-state index contributed by atoms with van der Waals surface area (Å²) in [5.74, 6) is 0.0747. The summed E-state index contributed by atoms with van der Waals surface area (Å²) in [5.41, 5.74) is 9.67. The molecule has 18 heavy (non-hydrogen) atoms. The Bertz CT molecular complexity index is 528. The first kappa shape index (κ1) is 14.2. The van der Waals surface area contributed by atoms with Crippen LogP contribution in [0.1, 0.15) is 25.3 Å². The Balaban J connectivity index is 2.94. The second-order valence-electron chi connectivity index (χ2n) is 3.99. The van der Waals surface area contributed by atoms with Crippen LogP contribution in [0.4, 0.5) is 5.69 Å². The third kappa shape index (κ3) is 3.57. The molecule has 0 atom stereocenters. The summed E-state index contributed by atoms with van der Waals surface area (Å²) in [6.07, 6.45) is 0. The fourth-order valence-electron chi connectivity index (χ4n) is 1.24. The fourth-order valence-corrected chi connectivity index (χ4v) is 1.73. The molecule has 0 unspecified atom stereocenters. The van der Waals surface area contributed by atoms with Crippen LogP contribution >= 0.6 is 15.9 Å². The summed E-state index contributed by atoms with van der Waals surface area (Å²) in [6.45, 7) is 4.22. The molecule has 0 saturated heterocycles. The van der Waals surface area contributed by atoms with Crippen molar-refractivity contribution < 1.29 is 0 Å². The van der Waals surface area contributed by atoms with Crippen LogP contribution in [-0.4, -0.2) is 11.5 Å². The van der Waals surface area contributed by atoms with Crippen molar-refractivity contribution in [2.24, 2.45) is 10.8 Å². The number of hydrazone groups is 1. The van der Waals surface area contributed by atoms with Crippen LogP contribution in [0.25, 0.3) is 0 Å². The van der Waals surface area contributed by atoms with E-state index in [4.69, 9.17) is 16.4 Å². The van der Waals surface area contributed by atoms with Gasteiger partial charge in [-0.1, -0.05) is 19.9 Å². The highest BCUT2D eigenvalue weighted by atomic mass is 79.9. The molecular formula is C12H14BrN5. The Morgan fingerprint density at radius 2 is 2.22 bits per heavy atom. The maximum atomic E-state index is 8.71. The van der Waals surface area contributed by atoms with Gasteiger partial charge in [-0.25, -0.2) is 0 Å². The number of nitrogens with zero attached hydrogens (tertiary/aromatic N) is 2. The number of nitrogens with one attached hydrogen (secondary N) is 2. The van der Waals surface area contributed by atoms with E-state index in [-0.39, 0.29) is 11.5 Å². The lowest BCUT2D eigenvalue weighted by Crippen LogP contribution is -2.21. The minimum absolute atomic E-state index is 0.144. The van der Waals surface area contributed by atoms with Gasteiger partial charge in [0.2, 0.25) is 5.71 Å². The largest absolute Gasteiger partial charge is 0.382 e. The van der Waals surface area contributed by atoms with Crippen molar-refractivity contribution in [3.8, 4) is 6.07 Å². The molecule has 0 saturated carbocycles. The first-order valence-electron chi connectivity index (χ1n) is 5.33. The van der Waals surface area contributed by atoms with E-state index in [0.29, 0.717) is 11.6 Å². The molecule has 0 heterocycles. The summed E-state index contributed by atoms with van der Waals surface area (Å²) in [7, 11) is 0. The van der Waals surface area contributed by atoms with Gasteiger partial charge in [-0.2, -0.15) is 10.4 Å². The summed E-state index contributed by atoms with van der Waals surface area (Å²) < 4.78 is 0.846. The predicted molar refractivity (Wildman–Crippen MR) is 76.8 cm³/mol. The summed E-state index contributed by atoms with van der Waals surface area (Å²) >= 11 is 3.42. The van der Waals surface area contributed by atoms with Gasteiger partial charge in [0.1, 0.15) is 6.07 Å². The molecule has 0 spiro atoms. The quantitative estimate of drug-likeness (QED) is 0.453. The van der Waals surface area contributed by atoms with Crippen LogP contribution in [0.2, 0.25) is 0 Å². The van der Waals surface area contributed by atoms with Crippen molar-refractivity contribution in [3.05, 3.63) is 28.2 Å². The van der Waals surface area contributed by atoms with Crippen molar-refractivity contribution in [1.29, 1.82) is 10.7 Å². The van der Waals surface area contributed by atoms with Gasteiger partial charge < -0.3 is 5.73 Å². The van der Waals surface area contributed by atoms with E-state index >= 15 is 0 Å². The van der Waals surface area contributed by atoms with Crippen LogP contribution in [0, 0.1) is 16.7 Å². The zero-order chi connectivity index (χ0) is 13.7. The second kappa shape index (κ2) is 6.17. The number of amidine groups is 1. The molecule has 0 bridgehead atoms. The highest BCUT2D eigenvalue weighted by molar-refractivity contribution is 9.10. The number of rotatable bonds is 4. The zero-order valence-corrected chi connectivity index (χ0v) is 11.7. The van der Waals surface area contributed by atoms with Gasteiger partial charge >= 0.3 is 0 Å². The van der Waals surface area contributed by atoms with Gasteiger partial charge in [-0.05, 0) is 39.5 Å². The number of benzene rings is 1. The molecule has 1 aromatic carbocycles. The van der Waals surface area contributed by atoms with Crippen molar-refractivity contribution in [3.63, 3.8) is 0 Å². The van der Waals surface area contributed by atoms with Crippen LogP contribution in [-0.2, 0) is 0 Å². The van der Waals surface area contributed by atoms with Crippen molar-refractivity contribution in [2.75, 3.05) is 5.43 Å². The molecule has 0 fully saturated rings. The molecular weight excluding hydrogens is 294 g/mol. The first-order valence-corrected chi connectivity index (χ1v) is 6.12. The van der Waals surface area contributed by atoms with Crippen molar-refractivity contribution in [1.82, 2.24) is 0 Å². The molecule has 1 aromatic rings. The standard InChI is InChI=1S/C12H14BrN5/c1-7(2)8-3-4-10(9(13)5-8)17-18-11(6-14)12(15)16/h3-5,7,17H,1-2H3,(H3,15,16)/b18-11+. The summed E-state index contributed by atoms with van der Waals surface area (Å²) in [4.78, 5) is 0. The Morgan fingerprint density at radius 1 is 1.56 bits per heavy atom. The minimum Gasteiger partial charge on any atom is -0.382 e. The Hall–Kier alpha value is -1.87. The van der Waals surface area contributed by atoms with Gasteiger partial charge in [0, 0.05) is 4.47 Å². The number of anilines is 1. The van der Waals surface area contributed by atoms with Crippen LogP contribution in [0.3, 0.4) is 0 Å². The van der Waals surface area contributed by atoms with E-state index < -0.39 is 0 Å². The SMILES string of the molecule is CC(C)c1ccc(N/N=C(\C#N)C(=N)N)c(Br)c1. The molecule has 0 aliphatic carbocycles. The van der Waals surface area contributed by atoms with E-state index in [2.05, 4.69) is 40.3 Å². The first-order chi connectivity index (χ1) is 8.45. The lowest BCUT2D eigenvalue weighted by Gasteiger charge is -2.09. The minimum atomic E-state index is -0.361. The molecule has 0 radical (unpaired) electrons. The number of hydrogen-bond donors (Lipinski definition) is 3. The molecule has 6 heteroatoms. The van der Waals surface area contributed by atoms with E-state index in [1.807, 2.05) is 18.2 Å². The molecule has 4 N–H and O–H groups in total. The van der Waals surface area contributed by atoms with Gasteiger partial charge in [0.05, 0.1) is 5.69 Å². The maximum absolute atomic E-state index is 8.71. The number of halogens is 1. The lowest BCUT2D eigenvalue weighted by atomic mass is 10.0. The van der Waals surface area contributed by atoms with Crippen molar-refractivity contribution in [2.45, 2.75) is 19.8 Å². The van der Waals surface area contributed by atoms with Crippen LogP contribution < -0.4 is 11.2 Å². The molecule has 0 aliphatic heterocycles. The van der Waals surface area contributed by atoms with E-state index in [1.165, 1.54) is 5.56 Å². The lowest BCUT2D eigenvalue weighted by molar-refractivity contribution is 0.866. The Morgan fingerprint density at radius 3 is 2.67 bits per heavy atom. The van der Waals surface area contributed by atoms with Gasteiger partial charge in [0.15, 0.2) is 5.84 Å². The zero-order valence-electron chi connectivity index (χ0n) is 10.2. The van der Waals surface area contributed by atoms with E-state index in [9.17, 15) is 0 Å². The fraction of sp³-hybridized carbons (Fsp3) is 0.250. The summed E-state index contributed by atoms with van der Waals surface area (Å²) in [5, 5.41) is 19.6. The normalized spacial score (nSPS) is 11.2. The van der Waals surface area contributed by atoms with Gasteiger partial charge in [-0.15, -0.1) is 0 Å². The summed E-state index contributed by atoms with van der Waals surface area (Å²) in [6, 6.07) is 7.57. The molecule has 94 valence electrons. The average Bonchev–Trinajstić information content (AvgIpc) is 2.30. The Labute approximate surface area is 114 Å². The highest BCUT2D eigenvalue weighted by Crippen LogP contribution is 2.26. The predicted octanol–water partition coefficient (Wildman–Crippen LogP) is 2.80. The Kier molecular flexibility index (Phi) is 4.86. The van der Waals surface area contributed by atoms with Crippen molar-refractivity contribution >= 4 is 33.2 Å². The smallest absolute Gasteiger partial charge is 0.201 e. The average molecular weight is 308 g/mol. The third-order valence-electron chi connectivity index (χ3n) is 2.31. The van der Waals surface area contributed by atoms with E-state index in [1.54, 1.807) is 6.07 Å². The molecule has 0 amide bonds. The van der Waals surface area contributed by atoms with Gasteiger partial charge in [-0.3, -0.25) is 10.8 Å². The molecule has 0 aromatic heterocycles. The topological polar surface area (TPSA) is 98.0 Å². The van der Waals surface area contributed by atoms with Gasteiger partial charge in [0.25, 0.3) is 0 Å². The van der Waals surface area contributed by atoms with Crippen LogP contribution in [0.5, 0.6) is 0 Å². The number of hydrogen-bond acceptors (Lipinski definition) is 4. The number of nitrogens with two attached hydrogens (primary N) is 1. The second-order valence-corrected chi connectivity index (χ2v) is 4.85. The third-order valence-corrected chi connectivity index (χ3v) is 2.97. The molecule has 1 rings (SSSR count). The van der Waals surface area contributed by atoms with Crippen LogP contribution in [0.15, 0.2) is 27.8 Å².